The van der Waals surface area contributed by atoms with Crippen LogP contribution in [0.25, 0.3) is 0 Å². The number of carbonyl (C=O) groups excluding carboxylic acids is 1. The minimum atomic E-state index is -4.37. The van der Waals surface area contributed by atoms with E-state index in [4.69, 9.17) is 4.74 Å². The third kappa shape index (κ3) is 4.93. The van der Waals surface area contributed by atoms with Crippen LogP contribution in [0.2, 0.25) is 0 Å². The average molecular weight is 302 g/mol. The third-order valence-electron chi connectivity index (χ3n) is 3.21. The number of alkyl halides is 3. The topological polar surface area (TPSA) is 50.4 Å². The van der Waals surface area contributed by atoms with Crippen LogP contribution >= 0.6 is 0 Å². The molecule has 2 N–H and O–H groups in total. The quantitative estimate of drug-likeness (QED) is 0.894. The molecule has 0 saturated carbocycles. The van der Waals surface area contributed by atoms with Gasteiger partial charge < -0.3 is 15.4 Å². The summed E-state index contributed by atoms with van der Waals surface area (Å²) in [5, 5.41) is 5.99. The predicted octanol–water partition coefficient (Wildman–Crippen LogP) is 1.95. The fourth-order valence-electron chi connectivity index (χ4n) is 2.13. The maximum atomic E-state index is 12.4. The molecule has 1 aliphatic rings. The Morgan fingerprint density at radius 1 is 1.33 bits per heavy atom. The number of amides is 1. The summed E-state index contributed by atoms with van der Waals surface area (Å²) in [7, 11) is 0. The van der Waals surface area contributed by atoms with E-state index in [9.17, 15) is 18.0 Å². The molecule has 1 unspecified atom stereocenters. The van der Waals surface area contributed by atoms with E-state index in [1.165, 1.54) is 12.1 Å². The summed E-state index contributed by atoms with van der Waals surface area (Å²) in [6, 6.07) is 4.36. The van der Waals surface area contributed by atoms with Crippen LogP contribution < -0.4 is 15.4 Å². The molecule has 1 fully saturated rings. The van der Waals surface area contributed by atoms with E-state index in [1.807, 2.05) is 0 Å². The van der Waals surface area contributed by atoms with E-state index in [1.54, 1.807) is 0 Å². The Morgan fingerprint density at radius 2 is 2.05 bits per heavy atom. The van der Waals surface area contributed by atoms with Crippen LogP contribution in [0, 0.1) is 0 Å². The van der Waals surface area contributed by atoms with E-state index in [0.29, 0.717) is 0 Å². The zero-order valence-electron chi connectivity index (χ0n) is 11.4. The Balaban J connectivity index is 1.78. The Hall–Kier alpha value is -1.76. The van der Waals surface area contributed by atoms with Gasteiger partial charge in [-0.25, -0.2) is 0 Å². The minimum Gasteiger partial charge on any atom is -0.484 e. The molecule has 1 aliphatic heterocycles. The Labute approximate surface area is 120 Å². The zero-order chi connectivity index (χ0) is 15.3. The van der Waals surface area contributed by atoms with Crippen LogP contribution in [-0.4, -0.2) is 31.6 Å². The van der Waals surface area contributed by atoms with Gasteiger partial charge in [-0.2, -0.15) is 13.2 Å². The lowest BCUT2D eigenvalue weighted by molar-refractivity contribution is -0.137. The summed E-state index contributed by atoms with van der Waals surface area (Å²) < 4.78 is 42.3. The smallest absolute Gasteiger partial charge is 0.416 e. The summed E-state index contributed by atoms with van der Waals surface area (Å²) in [5.41, 5.74) is -0.743. The van der Waals surface area contributed by atoms with Gasteiger partial charge in [0.05, 0.1) is 5.56 Å². The van der Waals surface area contributed by atoms with Crippen molar-refractivity contribution in [1.29, 1.82) is 0 Å². The lowest BCUT2D eigenvalue weighted by atomic mass is 10.1. The van der Waals surface area contributed by atoms with Gasteiger partial charge in [0.1, 0.15) is 5.75 Å². The van der Waals surface area contributed by atoms with Crippen molar-refractivity contribution in [2.75, 3.05) is 19.7 Å². The molecule has 1 atom stereocenters. The van der Waals surface area contributed by atoms with Gasteiger partial charge in [-0.1, -0.05) is 0 Å². The maximum absolute atomic E-state index is 12.4. The highest BCUT2D eigenvalue weighted by Crippen LogP contribution is 2.30. The number of nitrogens with one attached hydrogen (secondary N) is 2. The second-order valence-corrected chi connectivity index (χ2v) is 4.92. The summed E-state index contributed by atoms with van der Waals surface area (Å²) in [6.07, 6.45) is -2.45. The van der Waals surface area contributed by atoms with Crippen molar-refractivity contribution in [3.63, 3.8) is 0 Å². The number of piperidine rings is 1. The van der Waals surface area contributed by atoms with Gasteiger partial charge in [-0.05, 0) is 43.7 Å². The molecule has 21 heavy (non-hydrogen) atoms. The van der Waals surface area contributed by atoms with Crippen LogP contribution in [0.3, 0.4) is 0 Å². The Morgan fingerprint density at radius 3 is 2.62 bits per heavy atom. The largest absolute Gasteiger partial charge is 0.484 e. The van der Waals surface area contributed by atoms with Gasteiger partial charge in [0.25, 0.3) is 5.91 Å². The van der Waals surface area contributed by atoms with Gasteiger partial charge in [-0.3, -0.25) is 4.79 Å². The molecule has 0 aromatic heterocycles. The fourth-order valence-corrected chi connectivity index (χ4v) is 2.13. The van der Waals surface area contributed by atoms with Gasteiger partial charge in [0.15, 0.2) is 6.61 Å². The monoisotopic (exact) mass is 302 g/mol. The fraction of sp³-hybridized carbons (Fsp3) is 0.500. The van der Waals surface area contributed by atoms with E-state index in [0.717, 1.165) is 38.1 Å². The number of carbonyl (C=O) groups is 1. The van der Waals surface area contributed by atoms with Gasteiger partial charge in [0.2, 0.25) is 0 Å². The summed E-state index contributed by atoms with van der Waals surface area (Å²) in [5.74, 6) is -0.0384. The first-order valence-electron chi connectivity index (χ1n) is 6.75. The highest BCUT2D eigenvalue weighted by molar-refractivity contribution is 5.77. The number of benzene rings is 1. The van der Waals surface area contributed by atoms with E-state index >= 15 is 0 Å². The number of halogens is 3. The molecule has 1 amide bonds. The standard InChI is InChI=1S/C14H17F3N2O2/c15-14(16,17)10-3-5-12(6-4-10)21-9-13(20)19-11-2-1-7-18-8-11/h3-6,11,18H,1-2,7-9H2,(H,19,20). The Bertz CT molecular complexity index is 468. The van der Waals surface area contributed by atoms with E-state index in [2.05, 4.69) is 10.6 Å². The van der Waals surface area contributed by atoms with Crippen LogP contribution in [0.4, 0.5) is 13.2 Å². The van der Waals surface area contributed by atoms with Crippen molar-refractivity contribution < 1.29 is 22.7 Å². The van der Waals surface area contributed by atoms with Crippen LogP contribution in [-0.2, 0) is 11.0 Å². The molecule has 7 heteroatoms. The zero-order valence-corrected chi connectivity index (χ0v) is 11.4. The number of ether oxygens (including phenoxy) is 1. The molecule has 0 bridgehead atoms. The molecule has 1 aromatic carbocycles. The number of rotatable bonds is 4. The van der Waals surface area contributed by atoms with Crippen molar-refractivity contribution in [2.24, 2.45) is 0 Å². The molecule has 0 aliphatic carbocycles. The second-order valence-electron chi connectivity index (χ2n) is 4.92. The molecular weight excluding hydrogens is 285 g/mol. The molecule has 0 radical (unpaired) electrons. The predicted molar refractivity (Wildman–Crippen MR) is 71.0 cm³/mol. The van der Waals surface area contributed by atoms with Gasteiger partial charge in [-0.15, -0.1) is 0 Å². The van der Waals surface area contributed by atoms with Crippen molar-refractivity contribution >= 4 is 5.91 Å². The third-order valence-corrected chi connectivity index (χ3v) is 3.21. The van der Waals surface area contributed by atoms with Crippen molar-refractivity contribution in [3.8, 4) is 5.75 Å². The lowest BCUT2D eigenvalue weighted by Crippen LogP contribution is -2.46. The molecule has 1 aromatic rings. The number of hydrogen-bond donors (Lipinski definition) is 2. The highest BCUT2D eigenvalue weighted by atomic mass is 19.4. The summed E-state index contributed by atoms with van der Waals surface area (Å²) in [6.45, 7) is 1.47. The maximum Gasteiger partial charge on any atom is 0.416 e. The normalized spacial score (nSPS) is 19.1. The van der Waals surface area contributed by atoms with Crippen molar-refractivity contribution in [3.05, 3.63) is 29.8 Å². The van der Waals surface area contributed by atoms with Crippen molar-refractivity contribution in [2.45, 2.75) is 25.1 Å². The second kappa shape index (κ2) is 6.80. The average Bonchev–Trinajstić information content (AvgIpc) is 2.46. The Kier molecular flexibility index (Phi) is 5.06. The van der Waals surface area contributed by atoms with E-state index < -0.39 is 11.7 Å². The van der Waals surface area contributed by atoms with Crippen LogP contribution in [0.15, 0.2) is 24.3 Å². The van der Waals surface area contributed by atoms with Gasteiger partial charge >= 0.3 is 6.18 Å². The first kappa shape index (κ1) is 15.6. The molecular formula is C14H17F3N2O2. The SMILES string of the molecule is O=C(COc1ccc(C(F)(F)F)cc1)NC1CCCNC1. The molecule has 1 heterocycles. The minimum absolute atomic E-state index is 0.0856. The van der Waals surface area contributed by atoms with Crippen molar-refractivity contribution in [1.82, 2.24) is 10.6 Å². The van der Waals surface area contributed by atoms with E-state index in [-0.39, 0.29) is 24.3 Å². The molecule has 116 valence electrons. The summed E-state index contributed by atoms with van der Waals surface area (Å²) >= 11 is 0. The number of hydrogen-bond acceptors (Lipinski definition) is 3. The molecule has 2 rings (SSSR count). The summed E-state index contributed by atoms with van der Waals surface area (Å²) in [4.78, 5) is 11.7. The van der Waals surface area contributed by atoms with Crippen LogP contribution in [0.1, 0.15) is 18.4 Å². The molecule has 1 saturated heterocycles. The van der Waals surface area contributed by atoms with Gasteiger partial charge in [0, 0.05) is 12.6 Å². The lowest BCUT2D eigenvalue weighted by Gasteiger charge is -2.23. The molecule has 4 nitrogen and oxygen atoms in total. The molecule has 0 spiro atoms. The first-order valence-corrected chi connectivity index (χ1v) is 6.75. The van der Waals surface area contributed by atoms with Crippen LogP contribution in [0.5, 0.6) is 5.75 Å². The first-order chi connectivity index (χ1) is 9.95. The highest BCUT2D eigenvalue weighted by Gasteiger charge is 2.30.